The van der Waals surface area contributed by atoms with E-state index in [0.717, 1.165) is 0 Å². The minimum atomic E-state index is -3.66. The molecule has 0 heterocycles. The highest BCUT2D eigenvalue weighted by atomic mass is 35.5. The van der Waals surface area contributed by atoms with Crippen LogP contribution in [-0.2, 0) is 10.0 Å². The fourth-order valence-electron chi connectivity index (χ4n) is 2.20. The molecule has 2 rings (SSSR count). The van der Waals surface area contributed by atoms with Gasteiger partial charge in [-0.3, -0.25) is 0 Å². The van der Waals surface area contributed by atoms with Crippen molar-refractivity contribution >= 4 is 39.2 Å². The van der Waals surface area contributed by atoms with Crippen molar-refractivity contribution in [2.75, 3.05) is 13.1 Å². The number of esters is 1. The molecular formula is C17H17Cl2NO4S. The molecular weight excluding hydrogens is 385 g/mol. The van der Waals surface area contributed by atoms with Gasteiger partial charge in [-0.25, -0.2) is 13.2 Å². The summed E-state index contributed by atoms with van der Waals surface area (Å²) in [4.78, 5) is 12.3. The lowest BCUT2D eigenvalue weighted by molar-refractivity contribution is 0.0734. The second-order valence-corrected chi connectivity index (χ2v) is 7.83. The van der Waals surface area contributed by atoms with Crippen LogP contribution >= 0.6 is 23.2 Å². The predicted molar refractivity (Wildman–Crippen MR) is 98.0 cm³/mol. The van der Waals surface area contributed by atoms with E-state index in [0.29, 0.717) is 18.1 Å². The zero-order valence-electron chi connectivity index (χ0n) is 13.7. The summed E-state index contributed by atoms with van der Waals surface area (Å²) < 4.78 is 31.6. The van der Waals surface area contributed by atoms with Crippen molar-refractivity contribution < 1.29 is 17.9 Å². The first-order valence-corrected chi connectivity index (χ1v) is 9.76. The smallest absolute Gasteiger partial charge is 0.343 e. The molecule has 0 aliphatic carbocycles. The van der Waals surface area contributed by atoms with Crippen molar-refractivity contribution in [3.63, 3.8) is 0 Å². The fraction of sp³-hybridized carbons (Fsp3) is 0.235. The van der Waals surface area contributed by atoms with Gasteiger partial charge >= 0.3 is 5.97 Å². The van der Waals surface area contributed by atoms with Crippen LogP contribution in [0.15, 0.2) is 47.4 Å². The van der Waals surface area contributed by atoms with Crippen molar-refractivity contribution in [2.45, 2.75) is 18.7 Å². The van der Waals surface area contributed by atoms with Gasteiger partial charge in [-0.05, 0) is 30.3 Å². The van der Waals surface area contributed by atoms with Gasteiger partial charge in [0.05, 0.1) is 20.5 Å². The van der Waals surface area contributed by atoms with Crippen LogP contribution in [0.5, 0.6) is 5.75 Å². The fourth-order valence-corrected chi connectivity index (χ4v) is 3.99. The summed E-state index contributed by atoms with van der Waals surface area (Å²) in [6.07, 6.45) is 0. The third-order valence-electron chi connectivity index (χ3n) is 3.51. The van der Waals surface area contributed by atoms with Crippen molar-refractivity contribution in [1.29, 1.82) is 0 Å². The minimum Gasteiger partial charge on any atom is -0.423 e. The van der Waals surface area contributed by atoms with Crippen molar-refractivity contribution in [3.05, 3.63) is 58.1 Å². The van der Waals surface area contributed by atoms with Crippen LogP contribution in [0.1, 0.15) is 24.2 Å². The lowest BCUT2D eigenvalue weighted by Gasteiger charge is -2.18. The molecule has 0 saturated carbocycles. The van der Waals surface area contributed by atoms with Crippen LogP contribution in [0.3, 0.4) is 0 Å². The zero-order valence-corrected chi connectivity index (χ0v) is 16.0. The van der Waals surface area contributed by atoms with Gasteiger partial charge in [-0.15, -0.1) is 0 Å². The highest BCUT2D eigenvalue weighted by Gasteiger charge is 2.23. The summed E-state index contributed by atoms with van der Waals surface area (Å²) in [7, 11) is -3.66. The Morgan fingerprint density at radius 2 is 1.72 bits per heavy atom. The molecule has 0 saturated heterocycles. The molecule has 0 bridgehead atoms. The second-order valence-electron chi connectivity index (χ2n) is 5.08. The number of benzene rings is 2. The largest absolute Gasteiger partial charge is 0.423 e. The molecule has 8 heteroatoms. The molecule has 2 aromatic carbocycles. The third kappa shape index (κ3) is 4.52. The van der Waals surface area contributed by atoms with Gasteiger partial charge in [0.1, 0.15) is 5.75 Å². The number of rotatable bonds is 6. The SMILES string of the molecule is CCN(CC)S(=O)(=O)c1cccc(C(=O)Oc2ccc(Cl)c(Cl)c2)c1. The van der Waals surface area contributed by atoms with Gasteiger partial charge in [-0.2, -0.15) is 4.31 Å². The Morgan fingerprint density at radius 3 is 2.32 bits per heavy atom. The topological polar surface area (TPSA) is 63.7 Å². The molecule has 5 nitrogen and oxygen atoms in total. The number of ether oxygens (including phenoxy) is 1. The van der Waals surface area contributed by atoms with E-state index < -0.39 is 16.0 Å². The first-order chi connectivity index (χ1) is 11.8. The molecule has 0 aromatic heterocycles. The van der Waals surface area contributed by atoms with Crippen molar-refractivity contribution in [1.82, 2.24) is 4.31 Å². The van der Waals surface area contributed by atoms with Gasteiger partial charge < -0.3 is 4.74 Å². The highest BCUT2D eigenvalue weighted by molar-refractivity contribution is 7.89. The molecule has 0 aliphatic heterocycles. The van der Waals surface area contributed by atoms with Crippen molar-refractivity contribution in [3.8, 4) is 5.75 Å². The van der Waals surface area contributed by atoms with E-state index >= 15 is 0 Å². The van der Waals surface area contributed by atoms with Gasteiger partial charge in [0.15, 0.2) is 0 Å². The van der Waals surface area contributed by atoms with E-state index in [-0.39, 0.29) is 21.2 Å². The third-order valence-corrected chi connectivity index (χ3v) is 6.30. The second kappa shape index (κ2) is 8.19. The monoisotopic (exact) mass is 401 g/mol. The molecule has 0 radical (unpaired) electrons. The number of sulfonamides is 1. The molecule has 0 aliphatic rings. The maximum absolute atomic E-state index is 12.6. The Hall–Kier alpha value is -1.60. The van der Waals surface area contributed by atoms with Crippen LogP contribution in [-0.4, -0.2) is 31.8 Å². The van der Waals surface area contributed by atoms with Gasteiger partial charge in [-0.1, -0.05) is 43.1 Å². The normalized spacial score (nSPS) is 11.6. The number of halogens is 2. The number of carbonyl (C=O) groups excluding carboxylic acids is 1. The van der Waals surface area contributed by atoms with Crippen LogP contribution in [0, 0.1) is 0 Å². The Balaban J connectivity index is 2.28. The Bertz CT molecular complexity index is 880. The lowest BCUT2D eigenvalue weighted by Crippen LogP contribution is -2.30. The highest BCUT2D eigenvalue weighted by Crippen LogP contribution is 2.27. The number of hydrogen-bond acceptors (Lipinski definition) is 4. The number of carbonyl (C=O) groups is 1. The van der Waals surface area contributed by atoms with Gasteiger partial charge in [0, 0.05) is 19.2 Å². The number of nitrogens with zero attached hydrogens (tertiary/aromatic N) is 1. The first-order valence-electron chi connectivity index (χ1n) is 7.57. The van der Waals surface area contributed by atoms with E-state index in [4.69, 9.17) is 27.9 Å². The standard InChI is InChI=1S/C17H17Cl2NO4S/c1-3-20(4-2)25(22,23)14-7-5-6-12(10-14)17(21)24-13-8-9-15(18)16(19)11-13/h5-11H,3-4H2,1-2H3. The zero-order chi connectivity index (χ0) is 18.6. The van der Waals surface area contributed by atoms with Crippen LogP contribution in [0.4, 0.5) is 0 Å². The maximum Gasteiger partial charge on any atom is 0.343 e. The molecule has 0 amide bonds. The van der Waals surface area contributed by atoms with Gasteiger partial charge in [0.25, 0.3) is 0 Å². The summed E-state index contributed by atoms with van der Waals surface area (Å²) >= 11 is 11.7. The minimum absolute atomic E-state index is 0.0415. The van der Waals surface area contributed by atoms with E-state index in [2.05, 4.69) is 0 Å². The average Bonchev–Trinajstić information content (AvgIpc) is 2.59. The molecule has 0 atom stereocenters. The predicted octanol–water partition coefficient (Wildman–Crippen LogP) is 4.24. The summed E-state index contributed by atoms with van der Waals surface area (Å²) in [6.45, 7) is 4.19. The summed E-state index contributed by atoms with van der Waals surface area (Å²) in [5.74, 6) is -0.466. The lowest BCUT2D eigenvalue weighted by atomic mass is 10.2. The van der Waals surface area contributed by atoms with E-state index in [1.165, 1.54) is 46.8 Å². The van der Waals surface area contributed by atoms with Crippen LogP contribution in [0.2, 0.25) is 10.0 Å². The molecule has 0 fully saturated rings. The Morgan fingerprint density at radius 1 is 1.04 bits per heavy atom. The summed E-state index contributed by atoms with van der Waals surface area (Å²) in [5, 5.41) is 0.596. The maximum atomic E-state index is 12.6. The van der Waals surface area contributed by atoms with Crippen LogP contribution < -0.4 is 4.74 Å². The van der Waals surface area contributed by atoms with Gasteiger partial charge in [0.2, 0.25) is 10.0 Å². The Labute approximate surface area is 157 Å². The average molecular weight is 402 g/mol. The summed E-state index contributed by atoms with van der Waals surface area (Å²) in [6, 6.07) is 10.2. The van der Waals surface area contributed by atoms with E-state index in [9.17, 15) is 13.2 Å². The molecule has 0 N–H and O–H groups in total. The van der Waals surface area contributed by atoms with Crippen molar-refractivity contribution in [2.24, 2.45) is 0 Å². The van der Waals surface area contributed by atoms with E-state index in [1.807, 2.05) is 0 Å². The summed E-state index contributed by atoms with van der Waals surface area (Å²) in [5.41, 5.74) is 0.124. The molecule has 134 valence electrons. The molecule has 2 aromatic rings. The first kappa shape index (κ1) is 19.7. The molecule has 0 spiro atoms. The Kier molecular flexibility index (Phi) is 6.46. The van der Waals surface area contributed by atoms with Crippen LogP contribution in [0.25, 0.3) is 0 Å². The van der Waals surface area contributed by atoms with E-state index in [1.54, 1.807) is 13.8 Å². The molecule has 25 heavy (non-hydrogen) atoms. The quantitative estimate of drug-likeness (QED) is 0.536. The molecule has 0 unspecified atom stereocenters. The number of hydrogen-bond donors (Lipinski definition) is 0.